The van der Waals surface area contributed by atoms with Crippen LogP contribution in [0.4, 0.5) is 5.82 Å². The topological polar surface area (TPSA) is 50.2 Å². The molecule has 2 rings (SSSR count). The summed E-state index contributed by atoms with van der Waals surface area (Å²) in [5.74, 6) is 0.439. The number of hydrogen-bond donors (Lipinski definition) is 1. The molecule has 5 heteroatoms. The van der Waals surface area contributed by atoms with Crippen LogP contribution in [0.5, 0.6) is 0 Å². The summed E-state index contributed by atoms with van der Waals surface area (Å²) in [5, 5.41) is 3.08. The Balaban J connectivity index is 1.84. The van der Waals surface area contributed by atoms with Gasteiger partial charge in [0.25, 0.3) is 5.56 Å². The van der Waals surface area contributed by atoms with Crippen molar-refractivity contribution in [3.05, 3.63) is 22.7 Å². The second-order valence-electron chi connectivity index (χ2n) is 4.33. The molecule has 0 amide bonds. The van der Waals surface area contributed by atoms with Gasteiger partial charge in [0.15, 0.2) is 5.82 Å². The largest absolute Gasteiger partial charge is 0.364 e. The average Bonchev–Trinajstić information content (AvgIpc) is 3.07. The van der Waals surface area contributed by atoms with Crippen LogP contribution in [-0.4, -0.2) is 40.6 Å². The van der Waals surface area contributed by atoms with Crippen LogP contribution in [0.25, 0.3) is 0 Å². The van der Waals surface area contributed by atoms with Crippen molar-refractivity contribution < 1.29 is 0 Å². The van der Waals surface area contributed by atoms with Gasteiger partial charge < -0.3 is 14.8 Å². The van der Waals surface area contributed by atoms with Gasteiger partial charge in [0.1, 0.15) is 0 Å². The summed E-state index contributed by atoms with van der Waals surface area (Å²) in [4.78, 5) is 18.0. The quantitative estimate of drug-likeness (QED) is 0.778. The second kappa shape index (κ2) is 4.65. The number of nitrogens with one attached hydrogen (secondary N) is 1. The van der Waals surface area contributed by atoms with E-state index in [9.17, 15) is 4.79 Å². The molecule has 1 aromatic heterocycles. The molecule has 1 heterocycles. The molecule has 16 heavy (non-hydrogen) atoms. The van der Waals surface area contributed by atoms with Gasteiger partial charge in [-0.1, -0.05) is 0 Å². The normalized spacial score (nSPS) is 15.4. The summed E-state index contributed by atoms with van der Waals surface area (Å²) in [7, 11) is 3.85. The highest BCUT2D eigenvalue weighted by Crippen LogP contribution is 2.24. The van der Waals surface area contributed by atoms with Crippen molar-refractivity contribution in [3.8, 4) is 0 Å². The minimum atomic E-state index is -0.0726. The SMILES string of the molecule is CN(CCNc1nccn(C)c1=O)C1CC1. The number of nitrogens with zero attached hydrogens (tertiary/aromatic N) is 3. The van der Waals surface area contributed by atoms with Crippen molar-refractivity contribution in [3.63, 3.8) is 0 Å². The zero-order valence-corrected chi connectivity index (χ0v) is 9.81. The fraction of sp³-hybridized carbons (Fsp3) is 0.636. The van der Waals surface area contributed by atoms with Gasteiger partial charge in [0.2, 0.25) is 0 Å². The van der Waals surface area contributed by atoms with Crippen LogP contribution >= 0.6 is 0 Å². The lowest BCUT2D eigenvalue weighted by Crippen LogP contribution is -2.29. The molecule has 1 fully saturated rings. The fourth-order valence-corrected chi connectivity index (χ4v) is 1.67. The maximum absolute atomic E-state index is 11.6. The molecule has 5 nitrogen and oxygen atoms in total. The molecule has 0 atom stereocenters. The summed E-state index contributed by atoms with van der Waals surface area (Å²) in [6.45, 7) is 1.71. The standard InChI is InChI=1S/C11H18N4O/c1-14(9-3-4-9)7-5-12-10-11(16)15(2)8-6-13-10/h6,8-9H,3-5,7H2,1-2H3,(H,12,13). The third kappa shape index (κ3) is 2.61. The van der Waals surface area contributed by atoms with E-state index in [4.69, 9.17) is 0 Å². The first kappa shape index (κ1) is 11.1. The highest BCUT2D eigenvalue weighted by molar-refractivity contribution is 5.30. The van der Waals surface area contributed by atoms with Gasteiger partial charge in [-0.3, -0.25) is 4.79 Å². The first-order chi connectivity index (χ1) is 7.68. The summed E-state index contributed by atoms with van der Waals surface area (Å²) in [6.07, 6.45) is 5.90. The Labute approximate surface area is 95.1 Å². The molecule has 0 aliphatic heterocycles. The Bertz CT molecular complexity index is 411. The van der Waals surface area contributed by atoms with E-state index >= 15 is 0 Å². The summed E-state index contributed by atoms with van der Waals surface area (Å²) in [5.41, 5.74) is -0.0726. The Morgan fingerprint density at radius 3 is 3.06 bits per heavy atom. The smallest absolute Gasteiger partial charge is 0.293 e. The number of hydrogen-bond acceptors (Lipinski definition) is 4. The zero-order chi connectivity index (χ0) is 11.5. The number of anilines is 1. The van der Waals surface area contributed by atoms with Gasteiger partial charge in [0.05, 0.1) is 0 Å². The van der Waals surface area contributed by atoms with Crippen LogP contribution in [0, 0.1) is 0 Å². The summed E-state index contributed by atoms with van der Waals surface area (Å²) >= 11 is 0. The van der Waals surface area contributed by atoms with Crippen LogP contribution in [0.1, 0.15) is 12.8 Å². The van der Waals surface area contributed by atoms with E-state index in [-0.39, 0.29) is 5.56 Å². The fourth-order valence-electron chi connectivity index (χ4n) is 1.67. The maximum atomic E-state index is 11.6. The van der Waals surface area contributed by atoms with Crippen LogP contribution in [0.15, 0.2) is 17.2 Å². The van der Waals surface area contributed by atoms with Crippen molar-refractivity contribution in [1.29, 1.82) is 0 Å². The first-order valence-electron chi connectivity index (χ1n) is 5.64. The monoisotopic (exact) mass is 222 g/mol. The van der Waals surface area contributed by atoms with Crippen LogP contribution in [-0.2, 0) is 7.05 Å². The van der Waals surface area contributed by atoms with E-state index in [1.807, 2.05) is 0 Å². The molecule has 0 aromatic carbocycles. The molecule has 0 unspecified atom stereocenters. The van der Waals surface area contributed by atoms with E-state index in [2.05, 4.69) is 22.2 Å². The minimum Gasteiger partial charge on any atom is -0.364 e. The Hall–Kier alpha value is -1.36. The maximum Gasteiger partial charge on any atom is 0.293 e. The Morgan fingerprint density at radius 2 is 2.38 bits per heavy atom. The molecule has 0 bridgehead atoms. The van der Waals surface area contributed by atoms with Gasteiger partial charge >= 0.3 is 0 Å². The van der Waals surface area contributed by atoms with Crippen LogP contribution < -0.4 is 10.9 Å². The number of likely N-dealkylation sites (N-methyl/N-ethyl adjacent to an activating group) is 1. The molecule has 1 aromatic rings. The summed E-state index contributed by atoms with van der Waals surface area (Å²) < 4.78 is 1.53. The Kier molecular flexibility index (Phi) is 3.24. The van der Waals surface area contributed by atoms with Gasteiger partial charge in [-0.2, -0.15) is 0 Å². The van der Waals surface area contributed by atoms with Crippen LogP contribution in [0.2, 0.25) is 0 Å². The highest BCUT2D eigenvalue weighted by atomic mass is 16.1. The number of aromatic nitrogens is 2. The zero-order valence-electron chi connectivity index (χ0n) is 9.81. The highest BCUT2D eigenvalue weighted by Gasteiger charge is 2.25. The van der Waals surface area contributed by atoms with Crippen molar-refractivity contribution >= 4 is 5.82 Å². The molecule has 88 valence electrons. The molecule has 0 spiro atoms. The van der Waals surface area contributed by atoms with E-state index in [0.717, 1.165) is 19.1 Å². The minimum absolute atomic E-state index is 0.0726. The Morgan fingerprint density at radius 1 is 1.62 bits per heavy atom. The second-order valence-corrected chi connectivity index (χ2v) is 4.33. The van der Waals surface area contributed by atoms with Gasteiger partial charge in [-0.15, -0.1) is 0 Å². The third-order valence-electron chi connectivity index (χ3n) is 2.94. The molecular formula is C11H18N4O. The molecule has 1 saturated carbocycles. The summed E-state index contributed by atoms with van der Waals surface area (Å²) in [6, 6.07) is 0.758. The predicted octanol–water partition coefficient (Wildman–Crippen LogP) is 0.286. The molecule has 1 aliphatic carbocycles. The number of aryl methyl sites for hydroxylation is 1. The molecule has 1 aliphatic rings. The first-order valence-corrected chi connectivity index (χ1v) is 5.64. The van der Waals surface area contributed by atoms with Gasteiger partial charge in [0, 0.05) is 38.6 Å². The van der Waals surface area contributed by atoms with Gasteiger partial charge in [-0.05, 0) is 19.9 Å². The lowest BCUT2D eigenvalue weighted by molar-refractivity contribution is 0.337. The van der Waals surface area contributed by atoms with E-state index < -0.39 is 0 Å². The third-order valence-corrected chi connectivity index (χ3v) is 2.94. The van der Waals surface area contributed by atoms with Crippen molar-refractivity contribution in [2.24, 2.45) is 7.05 Å². The molecule has 0 radical (unpaired) electrons. The lowest BCUT2D eigenvalue weighted by atomic mass is 10.5. The molecule has 1 N–H and O–H groups in total. The van der Waals surface area contributed by atoms with Crippen molar-refractivity contribution in [1.82, 2.24) is 14.5 Å². The average molecular weight is 222 g/mol. The van der Waals surface area contributed by atoms with Gasteiger partial charge in [-0.25, -0.2) is 4.98 Å². The lowest BCUT2D eigenvalue weighted by Gasteiger charge is -2.15. The molecular weight excluding hydrogens is 204 g/mol. The van der Waals surface area contributed by atoms with Crippen LogP contribution in [0.3, 0.4) is 0 Å². The van der Waals surface area contributed by atoms with E-state index in [1.165, 1.54) is 17.4 Å². The van der Waals surface area contributed by atoms with E-state index in [1.54, 1.807) is 19.4 Å². The van der Waals surface area contributed by atoms with E-state index in [0.29, 0.717) is 5.82 Å². The number of rotatable bonds is 5. The predicted molar refractivity (Wildman–Crippen MR) is 63.6 cm³/mol. The van der Waals surface area contributed by atoms with Crippen molar-refractivity contribution in [2.75, 3.05) is 25.5 Å². The van der Waals surface area contributed by atoms with Crippen molar-refractivity contribution in [2.45, 2.75) is 18.9 Å². The molecule has 0 saturated heterocycles.